The zero-order valence-corrected chi connectivity index (χ0v) is 17.6. The Kier molecular flexibility index (Phi) is 5.91. The zero-order chi connectivity index (χ0) is 20.2. The van der Waals surface area contributed by atoms with Crippen molar-refractivity contribution >= 4 is 0 Å². The van der Waals surface area contributed by atoms with Crippen LogP contribution < -0.4 is 9.47 Å². The van der Waals surface area contributed by atoms with Crippen molar-refractivity contribution in [1.29, 1.82) is 0 Å². The Morgan fingerprint density at radius 2 is 1.76 bits per heavy atom. The lowest BCUT2D eigenvalue weighted by molar-refractivity contribution is 0.216. The van der Waals surface area contributed by atoms with E-state index in [4.69, 9.17) is 9.47 Å². The average molecular weight is 391 g/mol. The fourth-order valence-corrected chi connectivity index (χ4v) is 4.42. The SMILES string of the molecule is CCc1ccc(C2c3cccn3CCCN2Cc2cccc(OC)c2OC)cc1. The summed E-state index contributed by atoms with van der Waals surface area (Å²) in [6, 6.07) is 19.9. The second-order valence-corrected chi connectivity index (χ2v) is 7.60. The van der Waals surface area contributed by atoms with Crippen LogP contribution in [0, 0.1) is 0 Å². The second-order valence-electron chi connectivity index (χ2n) is 7.60. The van der Waals surface area contributed by atoms with Gasteiger partial charge in [-0.05, 0) is 42.2 Å². The number of aromatic nitrogens is 1. The molecule has 0 saturated carbocycles. The molecule has 4 nitrogen and oxygen atoms in total. The molecular formula is C25H30N2O2. The van der Waals surface area contributed by atoms with Crippen molar-refractivity contribution in [2.24, 2.45) is 0 Å². The molecule has 1 atom stereocenters. The molecule has 1 aliphatic rings. The number of rotatable bonds is 6. The van der Waals surface area contributed by atoms with Crippen molar-refractivity contribution in [1.82, 2.24) is 9.47 Å². The fraction of sp³-hybridized carbons (Fsp3) is 0.360. The smallest absolute Gasteiger partial charge is 0.165 e. The van der Waals surface area contributed by atoms with Gasteiger partial charge >= 0.3 is 0 Å². The first-order chi connectivity index (χ1) is 14.2. The molecule has 0 amide bonds. The molecule has 152 valence electrons. The van der Waals surface area contributed by atoms with Gasteiger partial charge in [-0.3, -0.25) is 4.90 Å². The molecule has 29 heavy (non-hydrogen) atoms. The van der Waals surface area contributed by atoms with E-state index in [0.717, 1.165) is 49.5 Å². The number of aryl methyl sites for hydroxylation is 2. The molecule has 0 radical (unpaired) electrons. The van der Waals surface area contributed by atoms with Gasteiger partial charge in [0, 0.05) is 37.1 Å². The molecule has 2 heterocycles. The van der Waals surface area contributed by atoms with Gasteiger partial charge in [-0.2, -0.15) is 0 Å². The Balaban J connectivity index is 1.74. The van der Waals surface area contributed by atoms with Crippen LogP contribution in [-0.4, -0.2) is 30.2 Å². The number of hydrogen-bond acceptors (Lipinski definition) is 3. The first-order valence-electron chi connectivity index (χ1n) is 10.4. The maximum Gasteiger partial charge on any atom is 0.165 e. The van der Waals surface area contributed by atoms with Gasteiger partial charge in [0.05, 0.1) is 20.3 Å². The topological polar surface area (TPSA) is 26.6 Å². The van der Waals surface area contributed by atoms with Crippen LogP contribution in [0.5, 0.6) is 11.5 Å². The number of hydrogen-bond donors (Lipinski definition) is 0. The number of fused-ring (bicyclic) bond motifs is 1. The third-order valence-corrected chi connectivity index (χ3v) is 5.92. The predicted octanol–water partition coefficient (Wildman–Crippen LogP) is 5.06. The highest BCUT2D eigenvalue weighted by molar-refractivity contribution is 5.46. The van der Waals surface area contributed by atoms with E-state index < -0.39 is 0 Å². The molecule has 2 aromatic carbocycles. The van der Waals surface area contributed by atoms with Crippen molar-refractivity contribution in [3.63, 3.8) is 0 Å². The van der Waals surface area contributed by atoms with E-state index in [0.29, 0.717) is 0 Å². The van der Waals surface area contributed by atoms with Gasteiger partial charge in [0.15, 0.2) is 11.5 Å². The molecule has 0 aliphatic carbocycles. The van der Waals surface area contributed by atoms with Crippen LogP contribution in [0.3, 0.4) is 0 Å². The highest BCUT2D eigenvalue weighted by Crippen LogP contribution is 2.37. The van der Waals surface area contributed by atoms with Crippen molar-refractivity contribution in [2.45, 2.75) is 38.9 Å². The molecule has 0 bridgehead atoms. The van der Waals surface area contributed by atoms with Gasteiger partial charge in [0.25, 0.3) is 0 Å². The van der Waals surface area contributed by atoms with Gasteiger partial charge in [-0.15, -0.1) is 0 Å². The summed E-state index contributed by atoms with van der Waals surface area (Å²) < 4.78 is 13.6. The van der Waals surface area contributed by atoms with E-state index in [1.807, 2.05) is 12.1 Å². The fourth-order valence-electron chi connectivity index (χ4n) is 4.42. The van der Waals surface area contributed by atoms with Crippen LogP contribution in [-0.2, 0) is 19.5 Å². The van der Waals surface area contributed by atoms with Gasteiger partial charge < -0.3 is 14.0 Å². The summed E-state index contributed by atoms with van der Waals surface area (Å²) in [6.07, 6.45) is 4.39. The van der Waals surface area contributed by atoms with Gasteiger partial charge in [-0.1, -0.05) is 43.3 Å². The third kappa shape index (κ3) is 3.90. The molecule has 0 saturated heterocycles. The number of benzene rings is 2. The average Bonchev–Trinajstić information content (AvgIpc) is 3.15. The van der Waals surface area contributed by atoms with Crippen LogP contribution in [0.1, 0.15) is 41.8 Å². The van der Waals surface area contributed by atoms with E-state index >= 15 is 0 Å². The largest absolute Gasteiger partial charge is 0.493 e. The van der Waals surface area contributed by atoms with Gasteiger partial charge in [0.2, 0.25) is 0 Å². The summed E-state index contributed by atoms with van der Waals surface area (Å²) in [7, 11) is 3.41. The number of para-hydroxylation sites is 1. The minimum atomic E-state index is 0.217. The second kappa shape index (κ2) is 8.75. The highest BCUT2D eigenvalue weighted by atomic mass is 16.5. The summed E-state index contributed by atoms with van der Waals surface area (Å²) in [6.45, 7) is 5.10. The molecular weight excluding hydrogens is 360 g/mol. The molecule has 1 aliphatic heterocycles. The number of methoxy groups -OCH3 is 2. The summed E-state index contributed by atoms with van der Waals surface area (Å²) >= 11 is 0. The molecule has 0 fully saturated rings. The Morgan fingerprint density at radius 3 is 2.48 bits per heavy atom. The van der Waals surface area contributed by atoms with Crippen molar-refractivity contribution in [2.75, 3.05) is 20.8 Å². The van der Waals surface area contributed by atoms with E-state index in [1.54, 1.807) is 14.2 Å². The summed E-state index contributed by atoms with van der Waals surface area (Å²) in [4.78, 5) is 2.57. The lowest BCUT2D eigenvalue weighted by Crippen LogP contribution is -2.29. The molecule has 0 N–H and O–H groups in total. The highest BCUT2D eigenvalue weighted by Gasteiger charge is 2.28. The van der Waals surface area contributed by atoms with Gasteiger partial charge in [0.1, 0.15) is 0 Å². The quantitative estimate of drug-likeness (QED) is 0.588. The Hall–Kier alpha value is -2.72. The molecule has 4 rings (SSSR count). The minimum absolute atomic E-state index is 0.217. The molecule has 1 aromatic heterocycles. The Bertz CT molecular complexity index is 946. The van der Waals surface area contributed by atoms with E-state index in [2.05, 4.69) is 65.1 Å². The van der Waals surface area contributed by atoms with Crippen LogP contribution in [0.25, 0.3) is 0 Å². The van der Waals surface area contributed by atoms with Crippen molar-refractivity contribution in [3.05, 3.63) is 83.2 Å². The van der Waals surface area contributed by atoms with E-state index in [-0.39, 0.29) is 6.04 Å². The Morgan fingerprint density at radius 1 is 0.931 bits per heavy atom. The number of nitrogens with zero attached hydrogens (tertiary/aromatic N) is 2. The van der Waals surface area contributed by atoms with E-state index in [1.165, 1.54) is 16.8 Å². The summed E-state index contributed by atoms with van der Waals surface area (Å²) in [5.74, 6) is 1.61. The van der Waals surface area contributed by atoms with Crippen LogP contribution >= 0.6 is 0 Å². The molecule has 1 unspecified atom stereocenters. The monoisotopic (exact) mass is 390 g/mol. The lowest BCUT2D eigenvalue weighted by Gasteiger charge is -2.31. The standard InChI is InChI=1S/C25H30N2O2/c1-4-19-11-13-20(14-12-19)24-22-9-6-15-26(22)16-7-17-27(24)18-21-8-5-10-23(28-2)25(21)29-3/h5-6,8-15,24H,4,7,16-18H2,1-3H3. The molecule has 3 aromatic rings. The first kappa shape index (κ1) is 19.6. The van der Waals surface area contributed by atoms with Gasteiger partial charge in [-0.25, -0.2) is 0 Å². The summed E-state index contributed by atoms with van der Waals surface area (Å²) in [5.41, 5.74) is 5.22. The van der Waals surface area contributed by atoms with Crippen LogP contribution in [0.15, 0.2) is 60.8 Å². The first-order valence-corrected chi connectivity index (χ1v) is 10.4. The zero-order valence-electron chi connectivity index (χ0n) is 17.6. The number of ether oxygens (including phenoxy) is 2. The summed E-state index contributed by atoms with van der Waals surface area (Å²) in [5, 5.41) is 0. The molecule has 0 spiro atoms. The predicted molar refractivity (Wildman–Crippen MR) is 117 cm³/mol. The maximum absolute atomic E-state index is 5.71. The van der Waals surface area contributed by atoms with E-state index in [9.17, 15) is 0 Å². The molecule has 4 heteroatoms. The normalized spacial score (nSPS) is 16.9. The van der Waals surface area contributed by atoms with Crippen molar-refractivity contribution < 1.29 is 9.47 Å². The Labute approximate surface area is 173 Å². The van der Waals surface area contributed by atoms with Crippen LogP contribution in [0.4, 0.5) is 0 Å². The maximum atomic E-state index is 5.71. The van der Waals surface area contributed by atoms with Crippen LogP contribution in [0.2, 0.25) is 0 Å². The van der Waals surface area contributed by atoms with Crippen molar-refractivity contribution in [3.8, 4) is 11.5 Å². The minimum Gasteiger partial charge on any atom is -0.493 e. The lowest BCUT2D eigenvalue weighted by atomic mass is 9.99. The third-order valence-electron chi connectivity index (χ3n) is 5.92.